The quantitative estimate of drug-likeness (QED) is 0.373. The molecule has 0 atom stereocenters. The average molecular weight is 343 g/mol. The van der Waals surface area contributed by atoms with Gasteiger partial charge in [-0.05, 0) is 19.8 Å². The predicted molar refractivity (Wildman–Crippen MR) is 95.1 cm³/mol. The third kappa shape index (κ3) is 9.87. The maximum absolute atomic E-state index is 12.1. The number of rotatable bonds is 10. The van der Waals surface area contributed by atoms with Crippen LogP contribution in [0.15, 0.2) is 0 Å². The highest BCUT2D eigenvalue weighted by Crippen LogP contribution is 2.25. The summed E-state index contributed by atoms with van der Waals surface area (Å²) in [4.78, 5) is 12.1. The highest BCUT2D eigenvalue weighted by Gasteiger charge is 2.25. The standard InChI is InChI=1S/C17H30N2O3S/c1-4-5-11-21-13-14-22-12-8-18-17(20)16-6-9-19(10-7-16)23-15(2)3/h15-16H,6-14H2,1-3H3,(H,18,20). The monoisotopic (exact) mass is 342 g/mol. The normalized spacial score (nSPS) is 16.2. The van der Waals surface area contributed by atoms with Crippen LogP contribution < -0.4 is 5.32 Å². The van der Waals surface area contributed by atoms with Crippen LogP contribution in [0.25, 0.3) is 0 Å². The maximum Gasteiger partial charge on any atom is 0.223 e. The van der Waals surface area contributed by atoms with E-state index in [0.717, 1.165) is 25.9 Å². The largest absolute Gasteiger partial charge is 0.377 e. The first kappa shape index (κ1) is 20.3. The molecule has 23 heavy (non-hydrogen) atoms. The molecule has 6 heteroatoms. The van der Waals surface area contributed by atoms with Crippen molar-refractivity contribution in [3.63, 3.8) is 0 Å². The number of carbonyl (C=O) groups is 1. The number of nitrogens with one attached hydrogen (secondary N) is 1. The number of hydrogen-bond donors (Lipinski definition) is 1. The molecule has 0 spiro atoms. The molecule has 1 saturated heterocycles. The lowest BCUT2D eigenvalue weighted by Gasteiger charge is -2.31. The van der Waals surface area contributed by atoms with Crippen LogP contribution in [-0.4, -0.2) is 61.5 Å². The number of piperidine rings is 1. The van der Waals surface area contributed by atoms with Crippen molar-refractivity contribution >= 4 is 17.9 Å². The van der Waals surface area contributed by atoms with Crippen LogP contribution in [0.5, 0.6) is 0 Å². The molecule has 1 fully saturated rings. The summed E-state index contributed by atoms with van der Waals surface area (Å²) in [5.74, 6) is 5.90. The minimum atomic E-state index is 0.148. The second-order valence-corrected chi connectivity index (χ2v) is 7.41. The van der Waals surface area contributed by atoms with Gasteiger partial charge in [0.1, 0.15) is 6.61 Å². The molecule has 132 valence electrons. The fourth-order valence-electron chi connectivity index (χ4n) is 2.33. The van der Waals surface area contributed by atoms with Gasteiger partial charge in [-0.15, -0.1) is 5.92 Å². The summed E-state index contributed by atoms with van der Waals surface area (Å²) in [7, 11) is 0. The second-order valence-electron chi connectivity index (χ2n) is 5.74. The highest BCUT2D eigenvalue weighted by molar-refractivity contribution is 7.97. The molecule has 1 aliphatic heterocycles. The molecule has 1 rings (SSSR count). The Morgan fingerprint density at radius 2 is 1.96 bits per heavy atom. The fourth-order valence-corrected chi connectivity index (χ4v) is 3.35. The topological polar surface area (TPSA) is 50.8 Å². The number of hydrogen-bond acceptors (Lipinski definition) is 5. The lowest BCUT2D eigenvalue weighted by molar-refractivity contribution is -0.126. The fraction of sp³-hybridized carbons (Fsp3) is 0.824. The molecule has 1 amide bonds. The Kier molecular flexibility index (Phi) is 11.2. The lowest BCUT2D eigenvalue weighted by atomic mass is 9.97. The van der Waals surface area contributed by atoms with Crippen molar-refractivity contribution in [1.82, 2.24) is 9.62 Å². The minimum Gasteiger partial charge on any atom is -0.377 e. The number of amides is 1. The smallest absolute Gasteiger partial charge is 0.223 e. The van der Waals surface area contributed by atoms with Crippen molar-refractivity contribution in [3.8, 4) is 11.8 Å². The van der Waals surface area contributed by atoms with Crippen molar-refractivity contribution in [2.24, 2.45) is 5.92 Å². The first-order valence-electron chi connectivity index (χ1n) is 8.38. The Bertz CT molecular complexity index is 385. The second kappa shape index (κ2) is 12.7. The zero-order chi connectivity index (χ0) is 16.9. The molecule has 1 heterocycles. The van der Waals surface area contributed by atoms with E-state index < -0.39 is 0 Å². The van der Waals surface area contributed by atoms with Gasteiger partial charge in [-0.2, -0.15) is 0 Å². The molecule has 0 unspecified atom stereocenters. The summed E-state index contributed by atoms with van der Waals surface area (Å²) in [6.45, 7) is 10.8. The SMILES string of the molecule is CC#CCOCCOCCNC(=O)C1CCN(SC(C)C)CC1. The van der Waals surface area contributed by atoms with Gasteiger partial charge >= 0.3 is 0 Å². The maximum atomic E-state index is 12.1. The van der Waals surface area contributed by atoms with Crippen molar-refractivity contribution in [3.05, 3.63) is 0 Å². The van der Waals surface area contributed by atoms with Crippen LogP contribution >= 0.6 is 11.9 Å². The van der Waals surface area contributed by atoms with Crippen LogP contribution in [0.3, 0.4) is 0 Å². The first-order valence-corrected chi connectivity index (χ1v) is 9.21. The van der Waals surface area contributed by atoms with E-state index in [9.17, 15) is 4.79 Å². The third-order valence-electron chi connectivity index (χ3n) is 3.45. The van der Waals surface area contributed by atoms with Gasteiger partial charge in [0.05, 0.1) is 19.8 Å². The number of nitrogens with zero attached hydrogens (tertiary/aromatic N) is 1. The summed E-state index contributed by atoms with van der Waals surface area (Å²) in [6, 6.07) is 0. The van der Waals surface area contributed by atoms with Crippen LogP contribution in [-0.2, 0) is 14.3 Å². The van der Waals surface area contributed by atoms with E-state index in [-0.39, 0.29) is 11.8 Å². The Hall–Kier alpha value is -0.740. The molecule has 0 aromatic heterocycles. The molecular formula is C17H30N2O3S. The lowest BCUT2D eigenvalue weighted by Crippen LogP contribution is -2.39. The molecule has 1 aliphatic rings. The molecule has 0 aromatic carbocycles. The molecule has 0 bridgehead atoms. The van der Waals surface area contributed by atoms with Crippen LogP contribution in [0.4, 0.5) is 0 Å². The first-order chi connectivity index (χ1) is 11.1. The summed E-state index contributed by atoms with van der Waals surface area (Å²) >= 11 is 1.88. The third-order valence-corrected chi connectivity index (χ3v) is 4.54. The highest BCUT2D eigenvalue weighted by atomic mass is 32.2. The zero-order valence-electron chi connectivity index (χ0n) is 14.6. The van der Waals surface area contributed by atoms with Gasteiger partial charge in [-0.25, -0.2) is 0 Å². The van der Waals surface area contributed by atoms with Gasteiger partial charge in [0.2, 0.25) is 5.91 Å². The molecule has 0 saturated carbocycles. The van der Waals surface area contributed by atoms with Crippen molar-refractivity contribution < 1.29 is 14.3 Å². The van der Waals surface area contributed by atoms with Gasteiger partial charge in [-0.3, -0.25) is 9.10 Å². The van der Waals surface area contributed by atoms with E-state index in [2.05, 4.69) is 35.3 Å². The Morgan fingerprint density at radius 1 is 1.26 bits per heavy atom. The average Bonchev–Trinajstić information content (AvgIpc) is 2.53. The Morgan fingerprint density at radius 3 is 2.61 bits per heavy atom. The summed E-state index contributed by atoms with van der Waals surface area (Å²) in [5.41, 5.74) is 0. The zero-order valence-corrected chi connectivity index (χ0v) is 15.4. The molecule has 1 N–H and O–H groups in total. The van der Waals surface area contributed by atoms with Crippen LogP contribution in [0.1, 0.15) is 33.6 Å². The van der Waals surface area contributed by atoms with E-state index in [4.69, 9.17) is 9.47 Å². The Labute approximate surface area is 145 Å². The molecule has 0 aromatic rings. The van der Waals surface area contributed by atoms with Crippen molar-refractivity contribution in [2.75, 3.05) is 46.1 Å². The van der Waals surface area contributed by atoms with E-state index in [1.54, 1.807) is 6.92 Å². The van der Waals surface area contributed by atoms with Gasteiger partial charge in [0.15, 0.2) is 0 Å². The van der Waals surface area contributed by atoms with Crippen LogP contribution in [0, 0.1) is 17.8 Å². The summed E-state index contributed by atoms with van der Waals surface area (Å²) in [5, 5.41) is 3.57. The number of carbonyl (C=O) groups excluding carboxylic acids is 1. The van der Waals surface area contributed by atoms with Gasteiger partial charge in [0.25, 0.3) is 0 Å². The van der Waals surface area contributed by atoms with Crippen molar-refractivity contribution in [2.45, 2.75) is 38.9 Å². The van der Waals surface area contributed by atoms with E-state index >= 15 is 0 Å². The van der Waals surface area contributed by atoms with Crippen molar-refractivity contribution in [1.29, 1.82) is 0 Å². The van der Waals surface area contributed by atoms with E-state index in [1.807, 2.05) is 11.9 Å². The predicted octanol–water partition coefficient (Wildman–Crippen LogP) is 1.93. The van der Waals surface area contributed by atoms with E-state index in [0.29, 0.717) is 38.2 Å². The van der Waals surface area contributed by atoms with E-state index in [1.165, 1.54) is 0 Å². The number of ether oxygens (including phenoxy) is 2. The minimum absolute atomic E-state index is 0.148. The summed E-state index contributed by atoms with van der Waals surface area (Å²) in [6.07, 6.45) is 1.89. The molecule has 0 aliphatic carbocycles. The van der Waals surface area contributed by atoms with Crippen LogP contribution in [0.2, 0.25) is 0 Å². The van der Waals surface area contributed by atoms with Gasteiger partial charge in [-0.1, -0.05) is 31.7 Å². The molecule has 0 radical (unpaired) electrons. The van der Waals surface area contributed by atoms with Gasteiger partial charge in [0, 0.05) is 30.8 Å². The Balaban J connectivity index is 1.99. The summed E-state index contributed by atoms with van der Waals surface area (Å²) < 4.78 is 13.0. The molecule has 5 nitrogen and oxygen atoms in total. The van der Waals surface area contributed by atoms with Gasteiger partial charge < -0.3 is 14.8 Å². The molecular weight excluding hydrogens is 312 g/mol.